The van der Waals surface area contributed by atoms with E-state index in [1.165, 1.54) is 12.8 Å². The monoisotopic (exact) mass is 443 g/mol. The molecule has 1 aliphatic carbocycles. The number of fused-ring (bicyclic) bond motifs is 1. The van der Waals surface area contributed by atoms with Gasteiger partial charge in [0.1, 0.15) is 11.7 Å². The number of amides is 2. The molecule has 0 spiro atoms. The molecule has 1 aromatic heterocycles. The van der Waals surface area contributed by atoms with Gasteiger partial charge in [-0.1, -0.05) is 19.8 Å². The summed E-state index contributed by atoms with van der Waals surface area (Å²) in [5.74, 6) is 1.85. The van der Waals surface area contributed by atoms with E-state index in [4.69, 9.17) is 10.7 Å². The maximum atomic E-state index is 13.0. The lowest BCUT2D eigenvalue weighted by Gasteiger charge is -2.43. The number of aromatic nitrogens is 2. The van der Waals surface area contributed by atoms with Crippen molar-refractivity contribution >= 4 is 29.3 Å². The Kier molecular flexibility index (Phi) is 6.83. The van der Waals surface area contributed by atoms with Crippen molar-refractivity contribution in [3.63, 3.8) is 0 Å². The zero-order valence-corrected chi connectivity index (χ0v) is 19.6. The van der Waals surface area contributed by atoms with Crippen LogP contribution in [0.2, 0.25) is 0 Å². The summed E-state index contributed by atoms with van der Waals surface area (Å²) in [5.41, 5.74) is 6.13. The van der Waals surface area contributed by atoms with Crippen LogP contribution in [0, 0.1) is 5.92 Å². The van der Waals surface area contributed by atoms with Crippen molar-refractivity contribution < 1.29 is 9.59 Å². The second-order valence-electron chi connectivity index (χ2n) is 9.58. The maximum Gasteiger partial charge on any atom is 0.249 e. The molecule has 1 saturated carbocycles. The fourth-order valence-corrected chi connectivity index (χ4v) is 5.61. The third-order valence-electron chi connectivity index (χ3n) is 7.49. The van der Waals surface area contributed by atoms with E-state index < -0.39 is 0 Å². The van der Waals surface area contributed by atoms with Crippen LogP contribution in [0.1, 0.15) is 58.8 Å². The number of rotatable bonds is 7. The molecule has 0 unspecified atom stereocenters. The van der Waals surface area contributed by atoms with Gasteiger partial charge in [0.15, 0.2) is 5.82 Å². The summed E-state index contributed by atoms with van der Waals surface area (Å²) in [7, 11) is 1.83. The zero-order chi connectivity index (χ0) is 22.8. The standard InChI is InChI=1S/C23H37N7O2/c1-4-18-22(32)28(3)19-13-25-23(27-21(19)30(18)17-7-5-6-8-17)26-15(2)16-9-11-29(12-10-16)14-20(24)31/h13,15-18H,4-12,14H2,1-3H3,(H2,24,31)(H,25,26,27)/t15-,18-/m1/s1. The van der Waals surface area contributed by atoms with Crippen molar-refractivity contribution in [2.45, 2.75) is 76.9 Å². The topological polar surface area (TPSA) is 108 Å². The molecule has 0 radical (unpaired) electrons. The van der Waals surface area contributed by atoms with E-state index in [2.05, 4.69) is 33.9 Å². The molecule has 0 bridgehead atoms. The van der Waals surface area contributed by atoms with Gasteiger partial charge >= 0.3 is 0 Å². The van der Waals surface area contributed by atoms with Crippen LogP contribution in [-0.2, 0) is 9.59 Å². The number of nitrogens with zero attached hydrogens (tertiary/aromatic N) is 5. The Balaban J connectivity index is 1.50. The van der Waals surface area contributed by atoms with E-state index in [1.807, 2.05) is 7.05 Å². The molecular formula is C23H37N7O2. The molecule has 2 aliphatic heterocycles. The zero-order valence-electron chi connectivity index (χ0n) is 19.6. The first-order chi connectivity index (χ1) is 15.4. The molecule has 1 saturated heterocycles. The van der Waals surface area contributed by atoms with Gasteiger partial charge in [-0.3, -0.25) is 14.5 Å². The molecule has 3 N–H and O–H groups in total. The van der Waals surface area contributed by atoms with Gasteiger partial charge in [-0.2, -0.15) is 4.98 Å². The predicted octanol–water partition coefficient (Wildman–Crippen LogP) is 1.98. The van der Waals surface area contributed by atoms with Gasteiger partial charge in [-0.05, 0) is 58.0 Å². The van der Waals surface area contributed by atoms with Gasteiger partial charge in [0.25, 0.3) is 0 Å². The summed E-state index contributed by atoms with van der Waals surface area (Å²) in [6.45, 7) is 6.35. The highest BCUT2D eigenvalue weighted by Crippen LogP contribution is 2.40. The van der Waals surface area contributed by atoms with Crippen molar-refractivity contribution in [3.8, 4) is 0 Å². The number of primary amides is 1. The molecule has 4 rings (SSSR count). The average Bonchev–Trinajstić information content (AvgIpc) is 3.30. The van der Waals surface area contributed by atoms with Crippen LogP contribution in [0.15, 0.2) is 6.20 Å². The van der Waals surface area contributed by atoms with Crippen LogP contribution in [0.5, 0.6) is 0 Å². The molecule has 176 valence electrons. The number of carbonyl (C=O) groups is 2. The van der Waals surface area contributed by atoms with Crippen molar-refractivity contribution in [1.82, 2.24) is 14.9 Å². The summed E-state index contributed by atoms with van der Waals surface area (Å²) in [4.78, 5) is 39.8. The molecule has 32 heavy (non-hydrogen) atoms. The second-order valence-corrected chi connectivity index (χ2v) is 9.58. The van der Waals surface area contributed by atoms with Gasteiger partial charge in [0, 0.05) is 19.1 Å². The summed E-state index contributed by atoms with van der Waals surface area (Å²) in [6, 6.07) is 0.421. The molecule has 2 amide bonds. The predicted molar refractivity (Wildman–Crippen MR) is 126 cm³/mol. The smallest absolute Gasteiger partial charge is 0.249 e. The number of hydrogen-bond donors (Lipinski definition) is 2. The number of anilines is 3. The van der Waals surface area contributed by atoms with E-state index in [0.29, 0.717) is 24.5 Å². The highest BCUT2D eigenvalue weighted by Gasteiger charge is 2.41. The van der Waals surface area contributed by atoms with E-state index in [0.717, 1.165) is 56.7 Å². The first-order valence-electron chi connectivity index (χ1n) is 12.1. The Bertz CT molecular complexity index is 834. The molecule has 9 heteroatoms. The SMILES string of the molecule is CC[C@@H]1C(=O)N(C)c2cnc(N[C@H](C)C3CCN(CC(N)=O)CC3)nc2N1C1CCCC1. The Morgan fingerprint density at radius 1 is 1.25 bits per heavy atom. The van der Waals surface area contributed by atoms with Crippen LogP contribution in [0.25, 0.3) is 0 Å². The first kappa shape index (κ1) is 22.8. The Morgan fingerprint density at radius 3 is 2.56 bits per heavy atom. The lowest BCUT2D eigenvalue weighted by molar-refractivity contribution is -0.120. The minimum Gasteiger partial charge on any atom is -0.369 e. The number of likely N-dealkylation sites (tertiary alicyclic amines) is 1. The van der Waals surface area contributed by atoms with Crippen LogP contribution in [-0.4, -0.2) is 71.5 Å². The number of nitrogens with one attached hydrogen (secondary N) is 1. The van der Waals surface area contributed by atoms with E-state index in [9.17, 15) is 9.59 Å². The van der Waals surface area contributed by atoms with Crippen LogP contribution >= 0.6 is 0 Å². The Morgan fingerprint density at radius 2 is 1.94 bits per heavy atom. The van der Waals surface area contributed by atoms with Crippen molar-refractivity contribution in [3.05, 3.63) is 6.20 Å². The number of nitrogens with two attached hydrogens (primary N) is 1. The molecular weight excluding hydrogens is 406 g/mol. The number of likely N-dealkylation sites (N-methyl/N-ethyl adjacent to an activating group) is 1. The summed E-state index contributed by atoms with van der Waals surface area (Å²) >= 11 is 0. The van der Waals surface area contributed by atoms with Gasteiger partial charge in [-0.25, -0.2) is 4.98 Å². The summed E-state index contributed by atoms with van der Waals surface area (Å²) in [5, 5.41) is 3.52. The average molecular weight is 444 g/mol. The highest BCUT2D eigenvalue weighted by atomic mass is 16.2. The highest BCUT2D eigenvalue weighted by molar-refractivity contribution is 6.04. The molecule has 3 heterocycles. The van der Waals surface area contributed by atoms with E-state index in [1.54, 1.807) is 11.1 Å². The van der Waals surface area contributed by atoms with Crippen molar-refractivity contribution in [1.29, 1.82) is 0 Å². The van der Waals surface area contributed by atoms with E-state index >= 15 is 0 Å². The lowest BCUT2D eigenvalue weighted by Crippen LogP contribution is -2.55. The number of piperidine rings is 1. The molecule has 1 aromatic rings. The van der Waals surface area contributed by atoms with Gasteiger partial charge in [-0.15, -0.1) is 0 Å². The van der Waals surface area contributed by atoms with Crippen molar-refractivity contribution in [2.75, 3.05) is 41.8 Å². The molecule has 0 aromatic carbocycles. The number of carbonyl (C=O) groups excluding carboxylic acids is 2. The fourth-order valence-electron chi connectivity index (χ4n) is 5.61. The van der Waals surface area contributed by atoms with E-state index in [-0.39, 0.29) is 23.9 Å². The minimum absolute atomic E-state index is 0.132. The lowest BCUT2D eigenvalue weighted by atomic mass is 9.90. The number of hydrogen-bond acceptors (Lipinski definition) is 7. The largest absolute Gasteiger partial charge is 0.369 e. The van der Waals surface area contributed by atoms with Gasteiger partial charge in [0.05, 0.1) is 12.7 Å². The maximum absolute atomic E-state index is 13.0. The quantitative estimate of drug-likeness (QED) is 0.663. The third kappa shape index (κ3) is 4.53. The summed E-state index contributed by atoms with van der Waals surface area (Å²) in [6.07, 6.45) is 9.22. The van der Waals surface area contributed by atoms with Gasteiger partial charge in [0.2, 0.25) is 17.8 Å². The first-order valence-corrected chi connectivity index (χ1v) is 12.1. The normalized spacial score (nSPS) is 24.0. The van der Waals surface area contributed by atoms with Gasteiger partial charge < -0.3 is 20.9 Å². The molecule has 2 fully saturated rings. The minimum atomic E-state index is -0.266. The Hall–Kier alpha value is -2.42. The third-order valence-corrected chi connectivity index (χ3v) is 7.49. The van der Waals surface area contributed by atoms with Crippen molar-refractivity contribution in [2.24, 2.45) is 11.7 Å². The summed E-state index contributed by atoms with van der Waals surface area (Å²) < 4.78 is 0. The Labute approximate surface area is 190 Å². The van der Waals surface area contributed by atoms with Crippen LogP contribution in [0.4, 0.5) is 17.5 Å². The molecule has 9 nitrogen and oxygen atoms in total. The molecule has 3 aliphatic rings. The molecule has 2 atom stereocenters. The van der Waals surface area contributed by atoms with Crippen LogP contribution < -0.4 is 20.9 Å². The van der Waals surface area contributed by atoms with Crippen LogP contribution in [0.3, 0.4) is 0 Å². The fraction of sp³-hybridized carbons (Fsp3) is 0.739. The second kappa shape index (κ2) is 9.60.